The predicted octanol–water partition coefficient (Wildman–Crippen LogP) is 2.86. The van der Waals surface area contributed by atoms with Gasteiger partial charge in [0, 0.05) is 0 Å². The van der Waals surface area contributed by atoms with E-state index < -0.39 is 11.4 Å². The van der Waals surface area contributed by atoms with E-state index in [-0.39, 0.29) is 11.7 Å². The number of hydrogen-bond donors (Lipinski definition) is 1. The maximum absolute atomic E-state index is 11.5. The Hall–Kier alpha value is -1.90. The highest BCUT2D eigenvalue weighted by molar-refractivity contribution is 5.87. The molecule has 19 heavy (non-hydrogen) atoms. The number of hydrogen-bond acceptors (Lipinski definition) is 2. The molecular formula is C16H18O3. The van der Waals surface area contributed by atoms with E-state index in [1.807, 2.05) is 36.4 Å². The number of carbonyl (C=O) groups excluding carboxylic acids is 1. The smallest absolute Gasteiger partial charge is 0.310 e. The van der Waals surface area contributed by atoms with Crippen molar-refractivity contribution in [2.45, 2.75) is 26.2 Å². The van der Waals surface area contributed by atoms with E-state index in [9.17, 15) is 14.7 Å². The Kier molecular flexibility index (Phi) is 3.84. The Labute approximate surface area is 113 Å². The Balaban J connectivity index is 2.03. The van der Waals surface area contributed by atoms with Crippen molar-refractivity contribution < 1.29 is 14.7 Å². The van der Waals surface area contributed by atoms with Gasteiger partial charge in [0.05, 0.1) is 5.41 Å². The average Bonchev–Trinajstić information content (AvgIpc) is 2.32. The van der Waals surface area contributed by atoms with Crippen molar-refractivity contribution in [2.75, 3.05) is 0 Å². The second kappa shape index (κ2) is 5.39. The summed E-state index contributed by atoms with van der Waals surface area (Å²) in [6.07, 6.45) is 5.17. The molecule has 3 nitrogen and oxygen atoms in total. The topological polar surface area (TPSA) is 54.4 Å². The molecule has 0 heterocycles. The summed E-state index contributed by atoms with van der Waals surface area (Å²) in [5.41, 5.74) is 0.395. The number of benzene rings is 1. The lowest BCUT2D eigenvalue weighted by molar-refractivity contribution is -0.156. The van der Waals surface area contributed by atoms with Gasteiger partial charge >= 0.3 is 5.97 Å². The van der Waals surface area contributed by atoms with Crippen LogP contribution < -0.4 is 0 Å². The van der Waals surface area contributed by atoms with Gasteiger partial charge in [-0.25, -0.2) is 0 Å². The van der Waals surface area contributed by atoms with Crippen LogP contribution >= 0.6 is 0 Å². The van der Waals surface area contributed by atoms with Gasteiger partial charge in [-0.1, -0.05) is 36.4 Å². The molecule has 1 aromatic carbocycles. The lowest BCUT2D eigenvalue weighted by Crippen LogP contribution is -2.45. The molecule has 1 aliphatic carbocycles. The summed E-state index contributed by atoms with van der Waals surface area (Å²) in [5, 5.41) is 9.45. The first kappa shape index (κ1) is 13.5. The summed E-state index contributed by atoms with van der Waals surface area (Å²) in [7, 11) is 0. The summed E-state index contributed by atoms with van der Waals surface area (Å²) < 4.78 is 0. The lowest BCUT2D eigenvalue weighted by atomic mass is 9.59. The molecule has 1 fully saturated rings. The Morgan fingerprint density at radius 3 is 2.47 bits per heavy atom. The van der Waals surface area contributed by atoms with Crippen molar-refractivity contribution in [1.82, 2.24) is 0 Å². The molecule has 3 heteroatoms. The van der Waals surface area contributed by atoms with E-state index in [4.69, 9.17) is 0 Å². The van der Waals surface area contributed by atoms with Crippen molar-refractivity contribution in [1.29, 1.82) is 0 Å². The van der Waals surface area contributed by atoms with Crippen molar-refractivity contribution in [3.63, 3.8) is 0 Å². The van der Waals surface area contributed by atoms with Crippen LogP contribution in [0.5, 0.6) is 0 Å². The first-order valence-corrected chi connectivity index (χ1v) is 6.48. The first-order chi connectivity index (χ1) is 9.02. The van der Waals surface area contributed by atoms with E-state index in [1.54, 1.807) is 6.08 Å². The Bertz CT molecular complexity index is 496. The van der Waals surface area contributed by atoms with Gasteiger partial charge in [-0.3, -0.25) is 9.59 Å². The fourth-order valence-corrected chi connectivity index (χ4v) is 2.73. The van der Waals surface area contributed by atoms with Gasteiger partial charge < -0.3 is 5.11 Å². The zero-order chi connectivity index (χ0) is 13.9. The molecule has 1 aliphatic rings. The highest BCUT2D eigenvalue weighted by atomic mass is 16.4. The molecule has 0 unspecified atom stereocenters. The van der Waals surface area contributed by atoms with Gasteiger partial charge in [0.2, 0.25) is 0 Å². The van der Waals surface area contributed by atoms with Crippen LogP contribution in [0.1, 0.15) is 25.3 Å². The molecule has 0 bridgehead atoms. The predicted molar refractivity (Wildman–Crippen MR) is 72.8 cm³/mol. The van der Waals surface area contributed by atoms with Crippen molar-refractivity contribution in [3.8, 4) is 0 Å². The minimum atomic E-state index is -0.733. The van der Waals surface area contributed by atoms with E-state index >= 15 is 0 Å². The third-order valence-electron chi connectivity index (χ3n) is 3.75. The largest absolute Gasteiger partial charge is 0.481 e. The maximum atomic E-state index is 11.5. The Morgan fingerprint density at radius 1 is 1.32 bits per heavy atom. The molecule has 2 rings (SSSR count). The van der Waals surface area contributed by atoms with Crippen LogP contribution in [0, 0.1) is 11.3 Å². The zero-order valence-electron chi connectivity index (χ0n) is 11.0. The monoisotopic (exact) mass is 258 g/mol. The average molecular weight is 258 g/mol. The van der Waals surface area contributed by atoms with Crippen molar-refractivity contribution >= 4 is 11.8 Å². The molecule has 0 radical (unpaired) electrons. The van der Waals surface area contributed by atoms with Gasteiger partial charge in [0.1, 0.15) is 0 Å². The standard InChI is InChI=1S/C16H18O3/c1-12(17)7-8-14-10-16(11-14,15(18)19)9-13-5-3-2-4-6-13/h2-8,14H,9-11H2,1H3,(H,18,19). The summed E-state index contributed by atoms with van der Waals surface area (Å²) >= 11 is 0. The summed E-state index contributed by atoms with van der Waals surface area (Å²) in [4.78, 5) is 22.4. The fourth-order valence-electron chi connectivity index (χ4n) is 2.73. The van der Waals surface area contributed by atoms with E-state index in [1.165, 1.54) is 6.92 Å². The minimum Gasteiger partial charge on any atom is -0.481 e. The number of allylic oxidation sites excluding steroid dienone is 2. The molecule has 100 valence electrons. The lowest BCUT2D eigenvalue weighted by Gasteiger charge is -2.43. The fraction of sp³-hybridized carbons (Fsp3) is 0.375. The number of aliphatic carboxylic acids is 1. The number of rotatable bonds is 5. The highest BCUT2D eigenvalue weighted by Crippen LogP contribution is 2.48. The van der Waals surface area contributed by atoms with Crippen LogP contribution in [-0.2, 0) is 16.0 Å². The van der Waals surface area contributed by atoms with Gasteiger partial charge in [-0.15, -0.1) is 0 Å². The third-order valence-corrected chi connectivity index (χ3v) is 3.75. The van der Waals surface area contributed by atoms with E-state index in [0.29, 0.717) is 19.3 Å². The van der Waals surface area contributed by atoms with E-state index in [0.717, 1.165) is 5.56 Å². The molecule has 1 N–H and O–H groups in total. The summed E-state index contributed by atoms with van der Waals surface area (Å²) in [5.74, 6) is -0.511. The SMILES string of the molecule is CC(=O)C=CC1CC(Cc2ccccc2)(C(=O)O)C1. The number of ketones is 1. The maximum Gasteiger partial charge on any atom is 0.310 e. The second-order valence-electron chi connectivity index (χ2n) is 5.39. The Morgan fingerprint density at radius 2 is 1.95 bits per heavy atom. The number of carbonyl (C=O) groups is 2. The number of carboxylic acids is 1. The van der Waals surface area contributed by atoms with Gasteiger partial charge in [-0.05, 0) is 43.7 Å². The van der Waals surface area contributed by atoms with Crippen LogP contribution in [-0.4, -0.2) is 16.9 Å². The van der Waals surface area contributed by atoms with Gasteiger partial charge in [0.15, 0.2) is 5.78 Å². The van der Waals surface area contributed by atoms with Crippen molar-refractivity contribution in [3.05, 3.63) is 48.0 Å². The third kappa shape index (κ3) is 3.11. The normalized spacial score (nSPS) is 26.1. The van der Waals surface area contributed by atoms with Crippen LogP contribution in [0.4, 0.5) is 0 Å². The van der Waals surface area contributed by atoms with Crippen molar-refractivity contribution in [2.24, 2.45) is 11.3 Å². The van der Waals surface area contributed by atoms with Gasteiger partial charge in [-0.2, -0.15) is 0 Å². The zero-order valence-corrected chi connectivity index (χ0v) is 11.0. The molecule has 0 spiro atoms. The van der Waals surface area contributed by atoms with Crippen LogP contribution in [0.2, 0.25) is 0 Å². The molecular weight excluding hydrogens is 240 g/mol. The second-order valence-corrected chi connectivity index (χ2v) is 5.39. The highest BCUT2D eigenvalue weighted by Gasteiger charge is 2.49. The van der Waals surface area contributed by atoms with Crippen LogP contribution in [0.3, 0.4) is 0 Å². The van der Waals surface area contributed by atoms with Gasteiger partial charge in [0.25, 0.3) is 0 Å². The molecule has 0 atom stereocenters. The first-order valence-electron chi connectivity index (χ1n) is 6.48. The number of carboxylic acid groups (broad SMARTS) is 1. The molecule has 0 saturated heterocycles. The van der Waals surface area contributed by atoms with Crippen LogP contribution in [0.25, 0.3) is 0 Å². The molecule has 0 aromatic heterocycles. The summed E-state index contributed by atoms with van der Waals surface area (Å²) in [6.45, 7) is 1.50. The molecule has 1 saturated carbocycles. The van der Waals surface area contributed by atoms with Crippen LogP contribution in [0.15, 0.2) is 42.5 Å². The quantitative estimate of drug-likeness (QED) is 0.826. The molecule has 1 aromatic rings. The minimum absolute atomic E-state index is 0.0101. The molecule has 0 amide bonds. The molecule has 0 aliphatic heterocycles. The summed E-state index contributed by atoms with van der Waals surface area (Å²) in [6, 6.07) is 9.70. The van der Waals surface area contributed by atoms with E-state index in [2.05, 4.69) is 0 Å².